The monoisotopic (exact) mass is 290 g/mol. The molecule has 0 aliphatic carbocycles. The van der Waals surface area contributed by atoms with Crippen molar-refractivity contribution in [2.75, 3.05) is 18.4 Å². The summed E-state index contributed by atoms with van der Waals surface area (Å²) < 4.78 is 0. The third-order valence-electron chi connectivity index (χ3n) is 3.48. The Kier molecular flexibility index (Phi) is 5.14. The number of anilines is 1. The standard InChI is InChI=1S/C15H22N4O2/c1-11(2)17-15(21)19-9-6-12(7-10-19)14(20)18-13-5-3-4-8-16-13/h3-5,8,11-12H,6-7,9-10H2,1-2H3,(H,17,21)(H,16,18,20). The number of amides is 3. The van der Waals surface area contributed by atoms with Gasteiger partial charge in [0.1, 0.15) is 5.82 Å². The van der Waals surface area contributed by atoms with Gasteiger partial charge in [-0.05, 0) is 38.8 Å². The molecule has 0 bridgehead atoms. The predicted octanol–water partition coefficient (Wildman–Crippen LogP) is 1.85. The lowest BCUT2D eigenvalue weighted by molar-refractivity contribution is -0.121. The predicted molar refractivity (Wildman–Crippen MR) is 80.8 cm³/mol. The fourth-order valence-corrected chi connectivity index (χ4v) is 2.35. The highest BCUT2D eigenvalue weighted by molar-refractivity contribution is 5.91. The lowest BCUT2D eigenvalue weighted by atomic mass is 9.96. The first kappa shape index (κ1) is 15.3. The highest BCUT2D eigenvalue weighted by atomic mass is 16.2. The van der Waals surface area contributed by atoms with Crippen molar-refractivity contribution in [3.8, 4) is 0 Å². The topological polar surface area (TPSA) is 74.3 Å². The lowest BCUT2D eigenvalue weighted by Crippen LogP contribution is -2.47. The van der Waals surface area contributed by atoms with E-state index in [9.17, 15) is 9.59 Å². The van der Waals surface area contributed by atoms with Crippen LogP contribution in [-0.2, 0) is 4.79 Å². The van der Waals surface area contributed by atoms with Gasteiger partial charge >= 0.3 is 6.03 Å². The zero-order valence-electron chi connectivity index (χ0n) is 12.5. The van der Waals surface area contributed by atoms with Crippen LogP contribution in [0, 0.1) is 5.92 Å². The Balaban J connectivity index is 1.81. The zero-order valence-corrected chi connectivity index (χ0v) is 12.5. The Hall–Kier alpha value is -2.11. The Morgan fingerprint density at radius 2 is 2.00 bits per heavy atom. The minimum absolute atomic E-state index is 0.0161. The molecule has 2 rings (SSSR count). The van der Waals surface area contributed by atoms with Gasteiger partial charge < -0.3 is 15.5 Å². The second-order valence-electron chi connectivity index (χ2n) is 5.57. The molecule has 114 valence electrons. The van der Waals surface area contributed by atoms with E-state index in [0.717, 1.165) is 0 Å². The molecule has 21 heavy (non-hydrogen) atoms. The number of hydrogen-bond donors (Lipinski definition) is 2. The number of pyridine rings is 1. The normalized spacial score (nSPS) is 15.9. The largest absolute Gasteiger partial charge is 0.336 e. The number of piperidine rings is 1. The van der Waals surface area contributed by atoms with E-state index < -0.39 is 0 Å². The molecular weight excluding hydrogens is 268 g/mol. The van der Waals surface area contributed by atoms with Crippen LogP contribution < -0.4 is 10.6 Å². The van der Waals surface area contributed by atoms with Crippen LogP contribution in [0.4, 0.5) is 10.6 Å². The van der Waals surface area contributed by atoms with Crippen LogP contribution in [0.25, 0.3) is 0 Å². The van der Waals surface area contributed by atoms with Gasteiger partial charge in [-0.2, -0.15) is 0 Å². The zero-order chi connectivity index (χ0) is 15.2. The molecule has 1 aromatic rings. The third-order valence-corrected chi connectivity index (χ3v) is 3.48. The first-order valence-electron chi connectivity index (χ1n) is 7.33. The Labute approximate surface area is 124 Å². The van der Waals surface area contributed by atoms with Gasteiger partial charge in [0.2, 0.25) is 5.91 Å². The summed E-state index contributed by atoms with van der Waals surface area (Å²) >= 11 is 0. The van der Waals surface area contributed by atoms with E-state index in [1.54, 1.807) is 17.2 Å². The molecule has 3 amide bonds. The molecule has 1 aliphatic rings. The number of urea groups is 1. The first-order valence-corrected chi connectivity index (χ1v) is 7.33. The van der Waals surface area contributed by atoms with Gasteiger partial charge in [-0.1, -0.05) is 6.07 Å². The van der Waals surface area contributed by atoms with Gasteiger partial charge in [0.25, 0.3) is 0 Å². The molecule has 2 N–H and O–H groups in total. The highest BCUT2D eigenvalue weighted by Gasteiger charge is 2.27. The molecule has 1 aliphatic heterocycles. The van der Waals surface area contributed by atoms with Gasteiger partial charge in [0.05, 0.1) is 0 Å². The number of nitrogens with zero attached hydrogens (tertiary/aromatic N) is 2. The Morgan fingerprint density at radius 3 is 2.57 bits per heavy atom. The lowest BCUT2D eigenvalue weighted by Gasteiger charge is -2.31. The smallest absolute Gasteiger partial charge is 0.317 e. The summed E-state index contributed by atoms with van der Waals surface area (Å²) in [6.45, 7) is 5.09. The number of rotatable bonds is 3. The Bertz CT molecular complexity index is 482. The van der Waals surface area contributed by atoms with Crippen molar-refractivity contribution >= 4 is 17.8 Å². The Morgan fingerprint density at radius 1 is 1.29 bits per heavy atom. The van der Waals surface area contributed by atoms with Crippen molar-refractivity contribution < 1.29 is 9.59 Å². The molecule has 6 heteroatoms. The summed E-state index contributed by atoms with van der Waals surface area (Å²) in [6.07, 6.45) is 3.02. The molecule has 0 unspecified atom stereocenters. The average Bonchev–Trinajstić information content (AvgIpc) is 2.47. The average molecular weight is 290 g/mol. The van der Waals surface area contributed by atoms with E-state index in [4.69, 9.17) is 0 Å². The molecule has 0 spiro atoms. The third kappa shape index (κ3) is 4.44. The number of nitrogens with one attached hydrogen (secondary N) is 2. The van der Waals surface area contributed by atoms with Gasteiger partial charge in [0, 0.05) is 31.2 Å². The highest BCUT2D eigenvalue weighted by Crippen LogP contribution is 2.19. The van der Waals surface area contributed by atoms with Crippen molar-refractivity contribution in [1.82, 2.24) is 15.2 Å². The van der Waals surface area contributed by atoms with Crippen LogP contribution in [0.15, 0.2) is 24.4 Å². The maximum atomic E-state index is 12.2. The van der Waals surface area contributed by atoms with E-state index in [2.05, 4.69) is 15.6 Å². The summed E-state index contributed by atoms with van der Waals surface area (Å²) in [6, 6.07) is 5.49. The molecule has 2 heterocycles. The summed E-state index contributed by atoms with van der Waals surface area (Å²) in [4.78, 5) is 29.9. The van der Waals surface area contributed by atoms with E-state index in [-0.39, 0.29) is 23.9 Å². The molecule has 6 nitrogen and oxygen atoms in total. The van der Waals surface area contributed by atoms with Crippen LogP contribution in [0.1, 0.15) is 26.7 Å². The number of hydrogen-bond acceptors (Lipinski definition) is 3. The fraction of sp³-hybridized carbons (Fsp3) is 0.533. The molecule has 1 aromatic heterocycles. The van der Waals surface area contributed by atoms with E-state index in [1.165, 1.54) is 0 Å². The van der Waals surface area contributed by atoms with Crippen molar-refractivity contribution in [3.05, 3.63) is 24.4 Å². The van der Waals surface area contributed by atoms with Crippen LogP contribution in [-0.4, -0.2) is 41.0 Å². The SMILES string of the molecule is CC(C)NC(=O)N1CCC(C(=O)Nc2ccccn2)CC1. The van der Waals surface area contributed by atoms with Crippen molar-refractivity contribution in [3.63, 3.8) is 0 Å². The molecule has 0 aromatic carbocycles. The summed E-state index contributed by atoms with van der Waals surface area (Å²) in [5.74, 6) is 0.496. The minimum atomic E-state index is -0.0601. The summed E-state index contributed by atoms with van der Waals surface area (Å²) in [7, 11) is 0. The number of carbonyl (C=O) groups excluding carboxylic acids is 2. The molecule has 0 atom stereocenters. The van der Waals surface area contributed by atoms with Crippen LogP contribution in [0.5, 0.6) is 0 Å². The van der Waals surface area contributed by atoms with Gasteiger partial charge in [-0.25, -0.2) is 9.78 Å². The van der Waals surface area contributed by atoms with Crippen LogP contribution in [0.2, 0.25) is 0 Å². The molecule has 1 saturated heterocycles. The van der Waals surface area contributed by atoms with E-state index in [0.29, 0.717) is 31.7 Å². The second-order valence-corrected chi connectivity index (χ2v) is 5.57. The fourth-order valence-electron chi connectivity index (χ4n) is 2.35. The first-order chi connectivity index (χ1) is 10.1. The molecule has 0 saturated carbocycles. The van der Waals surface area contributed by atoms with Crippen molar-refractivity contribution in [2.24, 2.45) is 5.92 Å². The van der Waals surface area contributed by atoms with Gasteiger partial charge in [-0.15, -0.1) is 0 Å². The second kappa shape index (κ2) is 7.06. The molecular formula is C15H22N4O2. The van der Waals surface area contributed by atoms with E-state index >= 15 is 0 Å². The quantitative estimate of drug-likeness (QED) is 0.892. The van der Waals surface area contributed by atoms with Crippen molar-refractivity contribution in [2.45, 2.75) is 32.7 Å². The number of likely N-dealkylation sites (tertiary alicyclic amines) is 1. The summed E-state index contributed by atoms with van der Waals surface area (Å²) in [5.41, 5.74) is 0. The maximum absolute atomic E-state index is 12.2. The van der Waals surface area contributed by atoms with Gasteiger partial charge in [0.15, 0.2) is 0 Å². The van der Waals surface area contributed by atoms with Crippen molar-refractivity contribution in [1.29, 1.82) is 0 Å². The number of aromatic nitrogens is 1. The van der Waals surface area contributed by atoms with Crippen LogP contribution >= 0.6 is 0 Å². The number of carbonyl (C=O) groups is 2. The van der Waals surface area contributed by atoms with E-state index in [1.807, 2.05) is 26.0 Å². The van der Waals surface area contributed by atoms with Gasteiger partial charge in [-0.3, -0.25) is 4.79 Å². The maximum Gasteiger partial charge on any atom is 0.317 e. The molecule has 1 fully saturated rings. The minimum Gasteiger partial charge on any atom is -0.336 e. The summed E-state index contributed by atoms with van der Waals surface area (Å²) in [5, 5.41) is 5.69. The molecule has 0 radical (unpaired) electrons. The van der Waals surface area contributed by atoms with Crippen LogP contribution in [0.3, 0.4) is 0 Å².